The van der Waals surface area contributed by atoms with E-state index in [4.69, 9.17) is 0 Å². The van der Waals surface area contributed by atoms with Crippen molar-refractivity contribution >= 4 is 32.3 Å². The number of pyridine rings is 4. The minimum Gasteiger partial charge on any atom is -0.265 e. The molecule has 0 aliphatic carbocycles. The van der Waals surface area contributed by atoms with Crippen LogP contribution in [0.25, 0.3) is 88.0 Å². The SMILES string of the molecule is c1ccc2c(-c3ccc4c(-c5cnccc5-c5ccncc5)c5ccccc5c(-c5cnccc5-c5ccncc5)c4c3)cccc2c1. The second kappa shape index (κ2) is 11.7. The van der Waals surface area contributed by atoms with Crippen LogP contribution in [0.2, 0.25) is 0 Å². The number of benzene rings is 5. The van der Waals surface area contributed by atoms with Gasteiger partial charge in [0.15, 0.2) is 0 Å². The highest BCUT2D eigenvalue weighted by atomic mass is 14.6. The topological polar surface area (TPSA) is 51.6 Å². The Balaban J connectivity index is 1.44. The molecule has 4 aromatic heterocycles. The molecule has 9 aromatic rings. The van der Waals surface area contributed by atoms with Crippen molar-refractivity contribution in [3.8, 4) is 55.6 Å². The van der Waals surface area contributed by atoms with Crippen molar-refractivity contribution in [2.75, 3.05) is 0 Å². The molecule has 0 aliphatic heterocycles. The molecule has 0 fully saturated rings. The second-order valence-corrected chi connectivity index (χ2v) is 11.9. The quantitative estimate of drug-likeness (QED) is 0.181. The highest BCUT2D eigenvalue weighted by Gasteiger charge is 2.22. The van der Waals surface area contributed by atoms with Gasteiger partial charge >= 0.3 is 0 Å². The third-order valence-electron chi connectivity index (χ3n) is 9.29. The van der Waals surface area contributed by atoms with Gasteiger partial charge in [0.1, 0.15) is 0 Å². The fourth-order valence-electron chi connectivity index (χ4n) is 7.16. The van der Waals surface area contributed by atoms with Gasteiger partial charge in [0.2, 0.25) is 0 Å². The molecule has 0 atom stereocenters. The van der Waals surface area contributed by atoms with Crippen LogP contribution in [-0.2, 0) is 0 Å². The van der Waals surface area contributed by atoms with Gasteiger partial charge in [0, 0.05) is 60.7 Å². The zero-order chi connectivity index (χ0) is 31.9. The van der Waals surface area contributed by atoms with Crippen LogP contribution in [0.5, 0.6) is 0 Å². The van der Waals surface area contributed by atoms with Crippen molar-refractivity contribution in [2.24, 2.45) is 0 Å². The zero-order valence-electron chi connectivity index (χ0n) is 26.0. The molecule has 0 saturated heterocycles. The Bertz CT molecular complexity index is 2610. The molecule has 4 heteroatoms. The molecule has 224 valence electrons. The average molecular weight is 613 g/mol. The molecule has 9 rings (SSSR count). The first-order valence-corrected chi connectivity index (χ1v) is 16.0. The standard InChI is InChI=1S/C44H28N4/c1-2-8-33-29(6-1)7-5-11-34(33)32-12-13-39-40(26-32)44(42-28-48-25-19-36(42)31-16-22-46-23-17-31)38-10-4-3-9-37(38)43(39)41-27-47-24-18-35(41)30-14-20-45-21-15-30/h1-28H. The van der Waals surface area contributed by atoms with Crippen molar-refractivity contribution in [1.82, 2.24) is 19.9 Å². The van der Waals surface area contributed by atoms with Crippen molar-refractivity contribution in [3.63, 3.8) is 0 Å². The Labute approximate surface area is 278 Å². The molecule has 0 saturated carbocycles. The molecule has 0 radical (unpaired) electrons. The fourth-order valence-corrected chi connectivity index (χ4v) is 7.16. The van der Waals surface area contributed by atoms with Crippen molar-refractivity contribution in [1.29, 1.82) is 0 Å². The molecule has 4 nitrogen and oxygen atoms in total. The summed E-state index contributed by atoms with van der Waals surface area (Å²) < 4.78 is 0. The molecule has 0 spiro atoms. The monoisotopic (exact) mass is 612 g/mol. The first kappa shape index (κ1) is 27.8. The van der Waals surface area contributed by atoms with E-state index >= 15 is 0 Å². The largest absolute Gasteiger partial charge is 0.265 e. The number of rotatable bonds is 5. The van der Waals surface area contributed by atoms with Gasteiger partial charge < -0.3 is 0 Å². The smallest absolute Gasteiger partial charge is 0.0353 e. The number of nitrogens with zero attached hydrogens (tertiary/aromatic N) is 4. The van der Waals surface area contributed by atoms with E-state index in [1.54, 1.807) is 0 Å². The highest BCUT2D eigenvalue weighted by molar-refractivity contribution is 6.24. The van der Waals surface area contributed by atoms with Gasteiger partial charge in [-0.05, 0) is 119 Å². The maximum Gasteiger partial charge on any atom is 0.0353 e. The van der Waals surface area contributed by atoms with Crippen LogP contribution >= 0.6 is 0 Å². The summed E-state index contributed by atoms with van der Waals surface area (Å²) in [4.78, 5) is 17.9. The first-order chi connectivity index (χ1) is 23.8. The Morgan fingerprint density at radius 1 is 0.292 bits per heavy atom. The summed E-state index contributed by atoms with van der Waals surface area (Å²) in [6, 6.07) is 43.3. The van der Waals surface area contributed by atoms with Crippen LogP contribution in [0.15, 0.2) is 171 Å². The van der Waals surface area contributed by atoms with Gasteiger partial charge in [-0.25, -0.2) is 0 Å². The highest BCUT2D eigenvalue weighted by Crippen LogP contribution is 2.48. The van der Waals surface area contributed by atoms with Crippen molar-refractivity contribution in [3.05, 3.63) is 171 Å². The molecule has 0 N–H and O–H groups in total. The summed E-state index contributed by atoms with van der Waals surface area (Å²) in [5, 5.41) is 7.07. The molecule has 0 bridgehead atoms. The molecule has 0 amide bonds. The predicted octanol–water partition coefficient (Wildman–Crippen LogP) is 11.1. The number of fused-ring (bicyclic) bond motifs is 3. The van der Waals surface area contributed by atoms with Crippen LogP contribution < -0.4 is 0 Å². The Hall–Kier alpha value is -6.52. The Morgan fingerprint density at radius 3 is 1.42 bits per heavy atom. The molecule has 0 unspecified atom stereocenters. The van der Waals surface area contributed by atoms with E-state index in [2.05, 4.69) is 141 Å². The van der Waals surface area contributed by atoms with Crippen LogP contribution in [0.1, 0.15) is 0 Å². The summed E-state index contributed by atoms with van der Waals surface area (Å²) in [7, 11) is 0. The van der Waals surface area contributed by atoms with E-state index in [1.807, 2.05) is 49.6 Å². The lowest BCUT2D eigenvalue weighted by atomic mass is 9.82. The van der Waals surface area contributed by atoms with Gasteiger partial charge in [-0.1, -0.05) is 78.9 Å². The van der Waals surface area contributed by atoms with Gasteiger partial charge in [-0.15, -0.1) is 0 Å². The van der Waals surface area contributed by atoms with E-state index in [1.165, 1.54) is 16.3 Å². The molecule has 48 heavy (non-hydrogen) atoms. The maximum absolute atomic E-state index is 4.69. The summed E-state index contributed by atoms with van der Waals surface area (Å²) in [6.45, 7) is 0. The summed E-state index contributed by atoms with van der Waals surface area (Å²) >= 11 is 0. The number of aromatic nitrogens is 4. The van der Waals surface area contributed by atoms with E-state index in [0.717, 1.165) is 71.6 Å². The lowest BCUT2D eigenvalue weighted by molar-refractivity contribution is 1.31. The first-order valence-electron chi connectivity index (χ1n) is 16.0. The normalized spacial score (nSPS) is 11.3. The van der Waals surface area contributed by atoms with Gasteiger partial charge in [-0.3, -0.25) is 19.9 Å². The van der Waals surface area contributed by atoms with E-state index < -0.39 is 0 Å². The fraction of sp³-hybridized carbons (Fsp3) is 0. The van der Waals surface area contributed by atoms with Crippen molar-refractivity contribution in [2.45, 2.75) is 0 Å². The molecular formula is C44H28N4. The third-order valence-corrected chi connectivity index (χ3v) is 9.29. The average Bonchev–Trinajstić information content (AvgIpc) is 3.17. The summed E-state index contributed by atoms with van der Waals surface area (Å²) in [5.74, 6) is 0. The van der Waals surface area contributed by atoms with Crippen LogP contribution in [0.4, 0.5) is 0 Å². The number of hydrogen-bond acceptors (Lipinski definition) is 4. The number of hydrogen-bond donors (Lipinski definition) is 0. The van der Waals surface area contributed by atoms with Crippen molar-refractivity contribution < 1.29 is 0 Å². The van der Waals surface area contributed by atoms with E-state index in [0.29, 0.717) is 0 Å². The van der Waals surface area contributed by atoms with E-state index in [-0.39, 0.29) is 0 Å². The Morgan fingerprint density at radius 2 is 0.792 bits per heavy atom. The molecule has 5 aromatic carbocycles. The second-order valence-electron chi connectivity index (χ2n) is 11.9. The van der Waals surface area contributed by atoms with Crippen LogP contribution in [-0.4, -0.2) is 19.9 Å². The lowest BCUT2D eigenvalue weighted by Gasteiger charge is -2.21. The van der Waals surface area contributed by atoms with Crippen LogP contribution in [0.3, 0.4) is 0 Å². The Kier molecular flexibility index (Phi) is 6.76. The summed E-state index contributed by atoms with van der Waals surface area (Å²) in [6.07, 6.45) is 15.1. The predicted molar refractivity (Wildman–Crippen MR) is 197 cm³/mol. The zero-order valence-corrected chi connectivity index (χ0v) is 26.0. The van der Waals surface area contributed by atoms with Gasteiger partial charge in [0.05, 0.1) is 0 Å². The summed E-state index contributed by atoms with van der Waals surface area (Å²) in [5.41, 5.74) is 11.3. The van der Waals surface area contributed by atoms with Crippen LogP contribution in [0, 0.1) is 0 Å². The van der Waals surface area contributed by atoms with Gasteiger partial charge in [-0.2, -0.15) is 0 Å². The van der Waals surface area contributed by atoms with Gasteiger partial charge in [0.25, 0.3) is 0 Å². The minimum atomic E-state index is 1.08. The third kappa shape index (κ3) is 4.62. The van der Waals surface area contributed by atoms with E-state index in [9.17, 15) is 0 Å². The molecule has 4 heterocycles. The lowest BCUT2D eigenvalue weighted by Crippen LogP contribution is -1.95. The maximum atomic E-state index is 4.69. The molecule has 0 aliphatic rings. The minimum absolute atomic E-state index is 1.08. The molecular weight excluding hydrogens is 585 g/mol.